The summed E-state index contributed by atoms with van der Waals surface area (Å²) in [5, 5.41) is 9.23. The van der Waals surface area contributed by atoms with Crippen molar-refractivity contribution in [1.82, 2.24) is 24.6 Å². The van der Waals surface area contributed by atoms with Gasteiger partial charge in [0.15, 0.2) is 5.82 Å². The quantitative estimate of drug-likeness (QED) is 0.648. The topological polar surface area (TPSA) is 46.4 Å². The van der Waals surface area contributed by atoms with Crippen LogP contribution in [0.25, 0.3) is 11.4 Å². The molecule has 2 aromatic carbocycles. The maximum atomic E-state index is 5.34. The molecule has 0 amide bonds. The van der Waals surface area contributed by atoms with E-state index in [0.29, 0.717) is 0 Å². The first kappa shape index (κ1) is 20.2. The van der Waals surface area contributed by atoms with Crippen LogP contribution in [0.1, 0.15) is 29.8 Å². The summed E-state index contributed by atoms with van der Waals surface area (Å²) in [5.41, 5.74) is 3.88. The molecule has 0 N–H and O–H groups in total. The molecule has 0 saturated carbocycles. The van der Waals surface area contributed by atoms with Gasteiger partial charge >= 0.3 is 0 Å². The highest BCUT2D eigenvalue weighted by atomic mass is 16.5. The van der Waals surface area contributed by atoms with Gasteiger partial charge in [-0.05, 0) is 56.6 Å². The van der Waals surface area contributed by atoms with E-state index in [1.165, 1.54) is 11.1 Å². The number of hydrogen-bond donors (Lipinski definition) is 0. The highest BCUT2D eigenvalue weighted by Crippen LogP contribution is 2.39. The van der Waals surface area contributed by atoms with Gasteiger partial charge in [-0.3, -0.25) is 9.80 Å². The Morgan fingerprint density at radius 3 is 2.52 bits per heavy atom. The molecule has 3 heterocycles. The number of aromatic nitrogens is 3. The maximum Gasteiger partial charge on any atom is 0.164 e. The van der Waals surface area contributed by atoms with Crippen LogP contribution in [0, 0.1) is 6.92 Å². The van der Waals surface area contributed by atoms with Crippen LogP contribution < -0.4 is 4.74 Å². The molecular weight excluding hydrogens is 386 g/mol. The smallest absolute Gasteiger partial charge is 0.164 e. The first-order valence-electron chi connectivity index (χ1n) is 11.1. The number of ether oxygens (including phenoxy) is 1. The monoisotopic (exact) mass is 417 g/mol. The van der Waals surface area contributed by atoms with Gasteiger partial charge in [0.05, 0.1) is 19.2 Å². The van der Waals surface area contributed by atoms with E-state index in [-0.39, 0.29) is 5.54 Å². The van der Waals surface area contributed by atoms with E-state index in [1.54, 1.807) is 7.11 Å². The fourth-order valence-electron chi connectivity index (χ4n) is 5.29. The summed E-state index contributed by atoms with van der Waals surface area (Å²) >= 11 is 0. The van der Waals surface area contributed by atoms with E-state index in [0.717, 1.165) is 68.5 Å². The molecule has 162 valence electrons. The molecule has 5 rings (SSSR count). The number of hydrogen-bond acceptors (Lipinski definition) is 5. The van der Waals surface area contributed by atoms with Gasteiger partial charge in [-0.25, -0.2) is 0 Å². The number of rotatable bonds is 4. The van der Waals surface area contributed by atoms with Crippen LogP contribution in [0.5, 0.6) is 5.75 Å². The van der Waals surface area contributed by atoms with E-state index in [2.05, 4.69) is 74.9 Å². The number of methoxy groups -OCH3 is 1. The Kier molecular flexibility index (Phi) is 5.28. The summed E-state index contributed by atoms with van der Waals surface area (Å²) in [6.07, 6.45) is 2.22. The summed E-state index contributed by atoms with van der Waals surface area (Å²) in [5.74, 6) is 2.92. The van der Waals surface area contributed by atoms with Gasteiger partial charge in [-0.2, -0.15) is 0 Å². The minimum Gasteiger partial charge on any atom is -0.497 e. The van der Waals surface area contributed by atoms with Crippen molar-refractivity contribution < 1.29 is 4.74 Å². The molecule has 6 nitrogen and oxygen atoms in total. The second-order valence-electron chi connectivity index (χ2n) is 9.17. The maximum absolute atomic E-state index is 5.34. The Morgan fingerprint density at radius 1 is 1.03 bits per heavy atom. The molecule has 3 aromatic rings. The number of likely N-dealkylation sites (tertiary alicyclic amines) is 1. The van der Waals surface area contributed by atoms with Gasteiger partial charge in [0, 0.05) is 31.7 Å². The molecule has 0 radical (unpaired) electrons. The number of nitrogens with zero attached hydrogens (tertiary/aromatic N) is 5. The van der Waals surface area contributed by atoms with Gasteiger partial charge in [0.1, 0.15) is 11.6 Å². The molecule has 6 heteroatoms. The van der Waals surface area contributed by atoms with Crippen LogP contribution in [0.3, 0.4) is 0 Å². The number of benzene rings is 2. The molecule has 1 aromatic heterocycles. The predicted molar refractivity (Wildman–Crippen MR) is 122 cm³/mol. The molecule has 0 atom stereocenters. The van der Waals surface area contributed by atoms with E-state index in [4.69, 9.17) is 4.74 Å². The van der Waals surface area contributed by atoms with E-state index >= 15 is 0 Å². The molecule has 0 unspecified atom stereocenters. The van der Waals surface area contributed by atoms with Crippen LogP contribution >= 0.6 is 0 Å². The zero-order valence-electron chi connectivity index (χ0n) is 18.7. The van der Waals surface area contributed by atoms with Crippen LogP contribution in [-0.2, 0) is 18.6 Å². The second kappa shape index (κ2) is 8.09. The summed E-state index contributed by atoms with van der Waals surface area (Å²) < 4.78 is 7.79. The fourth-order valence-corrected chi connectivity index (χ4v) is 5.29. The van der Waals surface area contributed by atoms with Crippen LogP contribution in [0.2, 0.25) is 0 Å². The lowest BCUT2D eigenvalue weighted by molar-refractivity contribution is 0.0490. The lowest BCUT2D eigenvalue weighted by atomic mass is 9.84. The Bertz CT molecular complexity index is 1050. The predicted octanol–water partition coefficient (Wildman–Crippen LogP) is 3.70. The molecule has 0 bridgehead atoms. The first-order valence-corrected chi connectivity index (χ1v) is 11.1. The third kappa shape index (κ3) is 3.86. The Labute approximate surface area is 184 Å². The molecule has 0 aliphatic carbocycles. The molecule has 2 aliphatic heterocycles. The van der Waals surface area contributed by atoms with Gasteiger partial charge in [-0.15, -0.1) is 10.2 Å². The highest BCUT2D eigenvalue weighted by molar-refractivity contribution is 5.57. The highest BCUT2D eigenvalue weighted by Gasteiger charge is 2.43. The summed E-state index contributed by atoms with van der Waals surface area (Å²) in [6.45, 7) is 7.25. The Hall–Kier alpha value is -2.70. The van der Waals surface area contributed by atoms with Crippen molar-refractivity contribution in [2.45, 2.75) is 38.4 Å². The standard InChI is InChI=1S/C25H31N5O/c1-19-5-4-6-20(15-19)16-29-13-11-25(12-14-29)18-28(2)17-23-26-27-24(30(23)25)21-7-9-22(31-3)10-8-21/h4-10,15H,11-14,16-18H2,1-3H3. The zero-order valence-corrected chi connectivity index (χ0v) is 18.7. The van der Waals surface area contributed by atoms with E-state index < -0.39 is 0 Å². The van der Waals surface area contributed by atoms with Crippen molar-refractivity contribution in [2.75, 3.05) is 33.8 Å². The normalized spacial score (nSPS) is 18.8. The molecule has 2 aliphatic rings. The minimum atomic E-state index is 0.0458. The first-order chi connectivity index (χ1) is 15.1. The van der Waals surface area contributed by atoms with Gasteiger partial charge in [0.25, 0.3) is 0 Å². The van der Waals surface area contributed by atoms with Crippen molar-refractivity contribution in [1.29, 1.82) is 0 Å². The van der Waals surface area contributed by atoms with Crippen molar-refractivity contribution in [3.05, 3.63) is 65.5 Å². The SMILES string of the molecule is COc1ccc(-c2nnc3n2C2(CCN(Cc4cccc(C)c4)CC2)CN(C)C3)cc1. The Balaban J connectivity index is 1.41. The average Bonchev–Trinajstić information content (AvgIpc) is 3.20. The molecular formula is C25H31N5O. The Morgan fingerprint density at radius 2 is 1.81 bits per heavy atom. The molecule has 1 saturated heterocycles. The van der Waals surface area contributed by atoms with Crippen molar-refractivity contribution in [3.63, 3.8) is 0 Å². The van der Waals surface area contributed by atoms with Crippen LogP contribution in [0.4, 0.5) is 0 Å². The van der Waals surface area contributed by atoms with Gasteiger partial charge in [0.2, 0.25) is 0 Å². The third-order valence-electron chi connectivity index (χ3n) is 6.80. The molecule has 1 spiro atoms. The van der Waals surface area contributed by atoms with Crippen molar-refractivity contribution in [3.8, 4) is 17.1 Å². The number of aryl methyl sites for hydroxylation is 1. The fraction of sp³-hybridized carbons (Fsp3) is 0.440. The van der Waals surface area contributed by atoms with Gasteiger partial charge < -0.3 is 9.30 Å². The van der Waals surface area contributed by atoms with Gasteiger partial charge in [-0.1, -0.05) is 29.8 Å². The number of likely N-dealkylation sites (N-methyl/N-ethyl adjacent to an activating group) is 1. The summed E-state index contributed by atoms with van der Waals surface area (Å²) in [6, 6.07) is 17.1. The largest absolute Gasteiger partial charge is 0.497 e. The number of fused-ring (bicyclic) bond motifs is 2. The molecule has 31 heavy (non-hydrogen) atoms. The summed E-state index contributed by atoms with van der Waals surface area (Å²) in [4.78, 5) is 4.99. The van der Waals surface area contributed by atoms with E-state index in [9.17, 15) is 0 Å². The van der Waals surface area contributed by atoms with Crippen LogP contribution in [0.15, 0.2) is 48.5 Å². The molecule has 1 fully saturated rings. The number of piperidine rings is 1. The second-order valence-corrected chi connectivity index (χ2v) is 9.17. The van der Waals surface area contributed by atoms with E-state index in [1.807, 2.05) is 12.1 Å². The lowest BCUT2D eigenvalue weighted by Crippen LogP contribution is -2.55. The average molecular weight is 418 g/mol. The minimum absolute atomic E-state index is 0.0458. The third-order valence-corrected chi connectivity index (χ3v) is 6.80. The lowest BCUT2D eigenvalue weighted by Gasteiger charge is -2.48. The van der Waals surface area contributed by atoms with Crippen molar-refractivity contribution in [2.24, 2.45) is 0 Å². The van der Waals surface area contributed by atoms with Crippen molar-refractivity contribution >= 4 is 0 Å². The van der Waals surface area contributed by atoms with Crippen LogP contribution in [-0.4, -0.2) is 58.4 Å². The summed E-state index contributed by atoms with van der Waals surface area (Å²) in [7, 11) is 3.90. The zero-order chi connectivity index (χ0) is 21.4.